The molecule has 0 aromatic heterocycles. The van der Waals surface area contributed by atoms with Crippen LogP contribution in [0.25, 0.3) is 0 Å². The largest absolute Gasteiger partial charge is 0.380 e. The van der Waals surface area contributed by atoms with Crippen molar-refractivity contribution in [2.24, 2.45) is 5.73 Å². The Bertz CT molecular complexity index is 182. The summed E-state index contributed by atoms with van der Waals surface area (Å²) in [5.41, 5.74) is 5.26. The van der Waals surface area contributed by atoms with Crippen LogP contribution in [0.3, 0.4) is 0 Å². The summed E-state index contributed by atoms with van der Waals surface area (Å²) in [5.74, 6) is 0.00586. The first-order valence-electron chi connectivity index (χ1n) is 5.51. The Morgan fingerprint density at radius 2 is 2.40 bits per heavy atom. The molecule has 5 heteroatoms. The Labute approximate surface area is 90.3 Å². The smallest absolute Gasteiger partial charge is 0.249 e. The zero-order valence-electron chi connectivity index (χ0n) is 9.04. The zero-order valence-corrected chi connectivity index (χ0v) is 9.04. The van der Waals surface area contributed by atoms with E-state index in [0.29, 0.717) is 32.9 Å². The van der Waals surface area contributed by atoms with Crippen molar-refractivity contribution in [3.05, 3.63) is 0 Å². The van der Waals surface area contributed by atoms with Crippen molar-refractivity contribution in [3.8, 4) is 0 Å². The van der Waals surface area contributed by atoms with E-state index in [1.807, 2.05) is 0 Å². The summed E-state index contributed by atoms with van der Waals surface area (Å²) in [7, 11) is 0. The van der Waals surface area contributed by atoms with Gasteiger partial charge in [-0.15, -0.1) is 0 Å². The minimum absolute atomic E-state index is 0.00586. The first kappa shape index (κ1) is 12.4. The summed E-state index contributed by atoms with van der Waals surface area (Å²) < 4.78 is 10.4. The molecule has 15 heavy (non-hydrogen) atoms. The molecule has 1 fully saturated rings. The lowest BCUT2D eigenvalue weighted by Crippen LogP contribution is -2.35. The van der Waals surface area contributed by atoms with Gasteiger partial charge in [-0.05, 0) is 19.3 Å². The number of rotatable bonds is 7. The van der Waals surface area contributed by atoms with E-state index in [2.05, 4.69) is 5.32 Å². The van der Waals surface area contributed by atoms with E-state index in [1.165, 1.54) is 0 Å². The lowest BCUT2D eigenvalue weighted by Gasteiger charge is -2.10. The maximum atomic E-state index is 11.4. The number of ether oxygens (including phenoxy) is 2. The van der Waals surface area contributed by atoms with Gasteiger partial charge >= 0.3 is 0 Å². The van der Waals surface area contributed by atoms with Gasteiger partial charge in [-0.3, -0.25) is 4.79 Å². The first-order chi connectivity index (χ1) is 7.34. The fourth-order valence-corrected chi connectivity index (χ4v) is 1.47. The minimum Gasteiger partial charge on any atom is -0.380 e. The quantitative estimate of drug-likeness (QED) is 0.570. The van der Waals surface area contributed by atoms with Gasteiger partial charge < -0.3 is 20.5 Å². The Balaban J connectivity index is 1.92. The van der Waals surface area contributed by atoms with Crippen LogP contribution >= 0.6 is 0 Å². The molecule has 1 heterocycles. The molecule has 0 spiro atoms. The van der Waals surface area contributed by atoms with Crippen LogP contribution in [0.5, 0.6) is 0 Å². The molecule has 3 N–H and O–H groups in total. The van der Waals surface area contributed by atoms with Crippen LogP contribution in [-0.2, 0) is 14.3 Å². The fraction of sp³-hybridized carbons (Fsp3) is 0.900. The van der Waals surface area contributed by atoms with Crippen LogP contribution in [0.4, 0.5) is 0 Å². The van der Waals surface area contributed by atoms with Gasteiger partial charge in [0.2, 0.25) is 5.91 Å². The van der Waals surface area contributed by atoms with Crippen LogP contribution in [0.1, 0.15) is 19.3 Å². The second-order valence-electron chi connectivity index (χ2n) is 3.55. The molecule has 0 radical (unpaired) electrons. The van der Waals surface area contributed by atoms with Crippen LogP contribution < -0.4 is 11.1 Å². The first-order valence-corrected chi connectivity index (χ1v) is 5.51. The third-order valence-electron chi connectivity index (χ3n) is 2.25. The highest BCUT2D eigenvalue weighted by atomic mass is 16.5. The molecular weight excluding hydrogens is 196 g/mol. The second kappa shape index (κ2) is 7.62. The van der Waals surface area contributed by atoms with Gasteiger partial charge in [0.25, 0.3) is 0 Å². The summed E-state index contributed by atoms with van der Waals surface area (Å²) in [4.78, 5) is 11.4. The van der Waals surface area contributed by atoms with Crippen LogP contribution in [0.15, 0.2) is 0 Å². The summed E-state index contributed by atoms with van der Waals surface area (Å²) >= 11 is 0. The third kappa shape index (κ3) is 5.11. The predicted octanol–water partition coefficient (Wildman–Crippen LogP) is -0.353. The predicted molar refractivity (Wildman–Crippen MR) is 56.5 cm³/mol. The highest BCUT2D eigenvalue weighted by molar-refractivity contribution is 5.80. The number of nitrogens with two attached hydrogens (primary N) is 1. The molecule has 1 aliphatic heterocycles. The SMILES string of the molecule is NCCOCCCNC(=O)C1CCCO1. The molecule has 88 valence electrons. The molecular formula is C10H20N2O3. The zero-order chi connectivity index (χ0) is 10.9. The summed E-state index contributed by atoms with van der Waals surface area (Å²) in [6.45, 7) is 3.12. The van der Waals surface area contributed by atoms with Crippen LogP contribution in [-0.4, -0.2) is 44.9 Å². The maximum Gasteiger partial charge on any atom is 0.249 e. The Kier molecular flexibility index (Phi) is 6.31. The van der Waals surface area contributed by atoms with E-state index in [0.717, 1.165) is 19.3 Å². The summed E-state index contributed by atoms with van der Waals surface area (Å²) in [6.07, 6.45) is 2.42. The number of carbonyl (C=O) groups is 1. The Hall–Kier alpha value is -0.650. The fourth-order valence-electron chi connectivity index (χ4n) is 1.47. The van der Waals surface area contributed by atoms with E-state index in [1.54, 1.807) is 0 Å². The molecule has 0 aliphatic carbocycles. The summed E-state index contributed by atoms with van der Waals surface area (Å²) in [5, 5.41) is 2.83. The van der Waals surface area contributed by atoms with Gasteiger partial charge in [-0.1, -0.05) is 0 Å². The number of hydrogen-bond acceptors (Lipinski definition) is 4. The van der Waals surface area contributed by atoms with E-state index in [-0.39, 0.29) is 12.0 Å². The molecule has 0 bridgehead atoms. The topological polar surface area (TPSA) is 73.6 Å². The monoisotopic (exact) mass is 216 g/mol. The molecule has 0 aromatic carbocycles. The normalized spacial score (nSPS) is 20.5. The second-order valence-corrected chi connectivity index (χ2v) is 3.55. The van der Waals surface area contributed by atoms with Gasteiger partial charge in [0, 0.05) is 26.3 Å². The molecule has 1 unspecified atom stereocenters. The minimum atomic E-state index is -0.227. The number of carbonyl (C=O) groups excluding carboxylic acids is 1. The molecule has 1 atom stereocenters. The molecule has 0 saturated carbocycles. The van der Waals surface area contributed by atoms with Gasteiger partial charge in [0.1, 0.15) is 6.10 Å². The molecule has 1 rings (SSSR count). The molecule has 1 amide bonds. The van der Waals surface area contributed by atoms with Crippen molar-refractivity contribution in [2.75, 3.05) is 32.9 Å². The highest BCUT2D eigenvalue weighted by Crippen LogP contribution is 2.11. The number of amides is 1. The van der Waals surface area contributed by atoms with Crippen molar-refractivity contribution in [2.45, 2.75) is 25.4 Å². The van der Waals surface area contributed by atoms with Crippen molar-refractivity contribution in [1.82, 2.24) is 5.32 Å². The lowest BCUT2D eigenvalue weighted by molar-refractivity contribution is -0.130. The lowest BCUT2D eigenvalue weighted by atomic mass is 10.2. The highest BCUT2D eigenvalue weighted by Gasteiger charge is 2.22. The third-order valence-corrected chi connectivity index (χ3v) is 2.25. The van der Waals surface area contributed by atoms with Gasteiger partial charge in [0.05, 0.1) is 6.61 Å². The van der Waals surface area contributed by atoms with E-state index < -0.39 is 0 Å². The van der Waals surface area contributed by atoms with Crippen molar-refractivity contribution in [3.63, 3.8) is 0 Å². The maximum absolute atomic E-state index is 11.4. The number of hydrogen-bond donors (Lipinski definition) is 2. The van der Waals surface area contributed by atoms with Crippen molar-refractivity contribution >= 4 is 5.91 Å². The molecule has 5 nitrogen and oxygen atoms in total. The van der Waals surface area contributed by atoms with Gasteiger partial charge in [0.15, 0.2) is 0 Å². The Morgan fingerprint density at radius 1 is 1.53 bits per heavy atom. The standard InChI is InChI=1S/C10H20N2O3/c11-4-8-14-6-2-5-12-10(13)9-3-1-7-15-9/h9H,1-8,11H2,(H,12,13). The van der Waals surface area contributed by atoms with Crippen molar-refractivity contribution in [1.29, 1.82) is 0 Å². The van der Waals surface area contributed by atoms with Crippen LogP contribution in [0.2, 0.25) is 0 Å². The molecule has 1 saturated heterocycles. The molecule has 0 aromatic rings. The average molecular weight is 216 g/mol. The number of nitrogens with one attached hydrogen (secondary N) is 1. The molecule has 1 aliphatic rings. The van der Waals surface area contributed by atoms with Crippen LogP contribution in [0, 0.1) is 0 Å². The average Bonchev–Trinajstić information content (AvgIpc) is 2.76. The van der Waals surface area contributed by atoms with Gasteiger partial charge in [-0.2, -0.15) is 0 Å². The Morgan fingerprint density at radius 3 is 3.07 bits per heavy atom. The van der Waals surface area contributed by atoms with E-state index >= 15 is 0 Å². The van der Waals surface area contributed by atoms with Crippen molar-refractivity contribution < 1.29 is 14.3 Å². The van der Waals surface area contributed by atoms with Gasteiger partial charge in [-0.25, -0.2) is 0 Å². The summed E-state index contributed by atoms with van der Waals surface area (Å²) in [6, 6.07) is 0. The van der Waals surface area contributed by atoms with E-state index in [9.17, 15) is 4.79 Å². The van der Waals surface area contributed by atoms with E-state index in [4.69, 9.17) is 15.2 Å².